The molecule has 0 aliphatic heterocycles. The number of ether oxygens (including phenoxy) is 1. The second-order valence-corrected chi connectivity index (χ2v) is 8.90. The number of amides is 2. The van der Waals surface area contributed by atoms with Crippen LogP contribution in [0.2, 0.25) is 0 Å². The molecule has 12 heteroatoms. The molecule has 12 nitrogen and oxygen atoms in total. The van der Waals surface area contributed by atoms with E-state index in [-0.39, 0.29) is 29.5 Å². The maximum atomic E-state index is 13.0. The topological polar surface area (TPSA) is 164 Å². The first-order valence-electron chi connectivity index (χ1n) is 12.9. The molecule has 0 bridgehead atoms. The standard InChI is InChI=1S/C30H25N7O5/c1-2-42-29(38)27-22(20-11-8-12-21(17-20)37(40)41)18-31-28(27)32-24-13-6-7-14-25(24)33-30(39)34-26-16-15-23(35-36-26)19-9-4-3-5-10-19/h3-18,31-32H,2H2,1H3,(H2,33,34,36,39). The van der Waals surface area contributed by atoms with Crippen LogP contribution in [0.25, 0.3) is 22.4 Å². The fourth-order valence-electron chi connectivity index (χ4n) is 4.22. The van der Waals surface area contributed by atoms with E-state index in [0.29, 0.717) is 28.2 Å². The quantitative estimate of drug-likeness (QED) is 0.0883. The van der Waals surface area contributed by atoms with Crippen LogP contribution in [0.15, 0.2) is 97.2 Å². The molecule has 0 unspecified atom stereocenters. The molecule has 0 spiro atoms. The number of urea groups is 1. The van der Waals surface area contributed by atoms with Gasteiger partial charge in [0.2, 0.25) is 0 Å². The van der Waals surface area contributed by atoms with Crippen molar-refractivity contribution in [3.63, 3.8) is 0 Å². The SMILES string of the molecule is CCOC(=O)c1c(-c2cccc([N+](=O)[O-])c2)c[nH]c1Nc1ccccc1NC(=O)Nc1ccc(-c2ccccc2)nn1. The van der Waals surface area contributed by atoms with Crippen LogP contribution >= 0.6 is 0 Å². The molecule has 3 aromatic carbocycles. The lowest BCUT2D eigenvalue weighted by Gasteiger charge is -2.14. The van der Waals surface area contributed by atoms with E-state index in [1.54, 1.807) is 61.7 Å². The fraction of sp³-hybridized carbons (Fsp3) is 0.0667. The first kappa shape index (κ1) is 27.5. The number of nitrogens with zero attached hydrogens (tertiary/aromatic N) is 3. The van der Waals surface area contributed by atoms with Crippen LogP contribution in [0.5, 0.6) is 0 Å². The number of hydrogen-bond donors (Lipinski definition) is 4. The van der Waals surface area contributed by atoms with E-state index in [9.17, 15) is 19.7 Å². The average Bonchev–Trinajstić information content (AvgIpc) is 3.43. The van der Waals surface area contributed by atoms with Crippen molar-refractivity contribution >= 4 is 40.7 Å². The Kier molecular flexibility index (Phi) is 8.14. The Balaban J connectivity index is 1.36. The van der Waals surface area contributed by atoms with Crippen molar-refractivity contribution in [3.05, 3.63) is 113 Å². The van der Waals surface area contributed by atoms with Crippen LogP contribution in [0.1, 0.15) is 17.3 Å². The number of carbonyl (C=O) groups excluding carboxylic acids is 2. The smallest absolute Gasteiger partial charge is 0.342 e. The molecular weight excluding hydrogens is 538 g/mol. The van der Waals surface area contributed by atoms with Crippen LogP contribution in [0.3, 0.4) is 0 Å². The zero-order valence-electron chi connectivity index (χ0n) is 22.3. The summed E-state index contributed by atoms with van der Waals surface area (Å²) < 4.78 is 5.28. The van der Waals surface area contributed by atoms with Gasteiger partial charge in [0, 0.05) is 29.5 Å². The largest absolute Gasteiger partial charge is 0.462 e. The normalized spacial score (nSPS) is 10.5. The van der Waals surface area contributed by atoms with E-state index in [1.807, 2.05) is 30.3 Å². The second kappa shape index (κ2) is 12.4. The minimum absolute atomic E-state index is 0.113. The van der Waals surface area contributed by atoms with Gasteiger partial charge in [-0.1, -0.05) is 54.6 Å². The number of H-pyrrole nitrogens is 1. The van der Waals surface area contributed by atoms with Crippen molar-refractivity contribution in [2.45, 2.75) is 6.92 Å². The van der Waals surface area contributed by atoms with Gasteiger partial charge in [-0.25, -0.2) is 9.59 Å². The highest BCUT2D eigenvalue weighted by Crippen LogP contribution is 2.35. The van der Waals surface area contributed by atoms with Gasteiger partial charge in [0.05, 0.1) is 28.6 Å². The van der Waals surface area contributed by atoms with E-state index >= 15 is 0 Å². The third-order valence-electron chi connectivity index (χ3n) is 6.14. The molecule has 5 rings (SSSR count). The molecular formula is C30H25N7O5. The Morgan fingerprint density at radius 2 is 1.62 bits per heavy atom. The Bertz CT molecular complexity index is 1740. The first-order chi connectivity index (χ1) is 20.4. The number of nitrogens with one attached hydrogen (secondary N) is 4. The number of nitro groups is 1. The van der Waals surface area contributed by atoms with Crippen molar-refractivity contribution < 1.29 is 19.2 Å². The number of aromatic amines is 1. The van der Waals surface area contributed by atoms with Gasteiger partial charge in [-0.15, -0.1) is 10.2 Å². The van der Waals surface area contributed by atoms with Gasteiger partial charge in [-0.05, 0) is 36.8 Å². The van der Waals surface area contributed by atoms with Gasteiger partial charge in [0.25, 0.3) is 5.69 Å². The number of anilines is 4. The molecule has 2 aromatic heterocycles. The van der Waals surface area contributed by atoms with Crippen molar-refractivity contribution in [1.82, 2.24) is 15.2 Å². The number of non-ortho nitro benzene ring substituents is 1. The maximum absolute atomic E-state index is 13.0. The first-order valence-corrected chi connectivity index (χ1v) is 12.9. The molecule has 210 valence electrons. The third-order valence-corrected chi connectivity index (χ3v) is 6.14. The summed E-state index contributed by atoms with van der Waals surface area (Å²) >= 11 is 0. The predicted molar refractivity (Wildman–Crippen MR) is 159 cm³/mol. The molecule has 0 saturated heterocycles. The Morgan fingerprint density at radius 3 is 2.33 bits per heavy atom. The van der Waals surface area contributed by atoms with E-state index in [4.69, 9.17) is 4.74 Å². The Morgan fingerprint density at radius 1 is 0.881 bits per heavy atom. The number of aromatic nitrogens is 3. The number of para-hydroxylation sites is 2. The van der Waals surface area contributed by atoms with E-state index in [2.05, 4.69) is 31.1 Å². The van der Waals surface area contributed by atoms with Gasteiger partial charge in [-0.3, -0.25) is 15.4 Å². The summed E-state index contributed by atoms with van der Waals surface area (Å²) in [4.78, 5) is 39.7. The van der Waals surface area contributed by atoms with Crippen LogP contribution in [0.4, 0.5) is 33.5 Å². The van der Waals surface area contributed by atoms with Gasteiger partial charge < -0.3 is 20.4 Å². The highest BCUT2D eigenvalue weighted by atomic mass is 16.6. The highest BCUT2D eigenvalue weighted by molar-refractivity contribution is 6.05. The van der Waals surface area contributed by atoms with E-state index in [1.165, 1.54) is 12.1 Å². The minimum atomic E-state index is -0.622. The van der Waals surface area contributed by atoms with Crippen LogP contribution in [-0.2, 0) is 4.74 Å². The maximum Gasteiger partial charge on any atom is 0.342 e. The van der Waals surface area contributed by atoms with E-state index < -0.39 is 16.9 Å². The number of carbonyl (C=O) groups is 2. The molecule has 0 saturated carbocycles. The van der Waals surface area contributed by atoms with Gasteiger partial charge in [0.1, 0.15) is 11.4 Å². The summed E-state index contributed by atoms with van der Waals surface area (Å²) in [6.07, 6.45) is 1.56. The van der Waals surface area contributed by atoms with Crippen molar-refractivity contribution in [1.29, 1.82) is 0 Å². The summed E-state index contributed by atoms with van der Waals surface area (Å²) in [5, 5.41) is 28.2. The molecule has 0 aliphatic carbocycles. The van der Waals surface area contributed by atoms with Crippen molar-refractivity contribution in [2.24, 2.45) is 0 Å². The molecule has 2 amide bonds. The summed E-state index contributed by atoms with van der Waals surface area (Å²) in [7, 11) is 0. The number of hydrogen-bond acceptors (Lipinski definition) is 8. The molecule has 2 heterocycles. The lowest BCUT2D eigenvalue weighted by atomic mass is 10.0. The summed E-state index contributed by atoms with van der Waals surface area (Å²) in [5.41, 5.74) is 3.37. The van der Waals surface area contributed by atoms with Gasteiger partial charge >= 0.3 is 12.0 Å². The summed E-state index contributed by atoms with van der Waals surface area (Å²) in [5.74, 6) is -0.0800. The van der Waals surface area contributed by atoms with Crippen LogP contribution < -0.4 is 16.0 Å². The third kappa shape index (κ3) is 6.23. The predicted octanol–water partition coefficient (Wildman–Crippen LogP) is 6.61. The summed E-state index contributed by atoms with van der Waals surface area (Å²) in [6.45, 7) is 1.81. The number of esters is 1. The molecule has 42 heavy (non-hydrogen) atoms. The zero-order valence-corrected chi connectivity index (χ0v) is 22.3. The Labute approximate surface area is 239 Å². The number of rotatable bonds is 9. The Hall–Kier alpha value is -6.04. The van der Waals surface area contributed by atoms with Gasteiger partial charge in [0.15, 0.2) is 5.82 Å². The van der Waals surface area contributed by atoms with Crippen LogP contribution in [0, 0.1) is 10.1 Å². The molecule has 0 fully saturated rings. The van der Waals surface area contributed by atoms with Crippen molar-refractivity contribution in [3.8, 4) is 22.4 Å². The average molecular weight is 564 g/mol. The monoisotopic (exact) mass is 563 g/mol. The highest BCUT2D eigenvalue weighted by Gasteiger charge is 2.23. The van der Waals surface area contributed by atoms with Gasteiger partial charge in [-0.2, -0.15) is 0 Å². The number of benzene rings is 3. The molecule has 4 N–H and O–H groups in total. The fourth-order valence-corrected chi connectivity index (χ4v) is 4.22. The minimum Gasteiger partial charge on any atom is -0.462 e. The molecule has 0 aliphatic rings. The van der Waals surface area contributed by atoms with Crippen LogP contribution in [-0.4, -0.2) is 38.7 Å². The van der Waals surface area contributed by atoms with Crippen molar-refractivity contribution in [2.75, 3.05) is 22.6 Å². The molecule has 5 aromatic rings. The molecule has 0 radical (unpaired) electrons. The van der Waals surface area contributed by atoms with E-state index in [0.717, 1.165) is 5.56 Å². The second-order valence-electron chi connectivity index (χ2n) is 8.90. The zero-order chi connectivity index (χ0) is 29.5. The summed E-state index contributed by atoms with van der Waals surface area (Å²) in [6, 6.07) is 25.3. The lowest BCUT2D eigenvalue weighted by Crippen LogP contribution is -2.21. The lowest BCUT2D eigenvalue weighted by molar-refractivity contribution is -0.384. The number of nitro benzene ring substituents is 1. The molecule has 0 atom stereocenters.